The van der Waals surface area contributed by atoms with E-state index in [1.165, 1.54) is 12.1 Å². The predicted molar refractivity (Wildman–Crippen MR) is 103 cm³/mol. The molecule has 0 spiro atoms. The van der Waals surface area contributed by atoms with E-state index >= 15 is 0 Å². The molecule has 0 atom stereocenters. The van der Waals surface area contributed by atoms with Crippen molar-refractivity contribution in [3.63, 3.8) is 0 Å². The number of nitrogens with one attached hydrogen (secondary N) is 2. The molecule has 0 fully saturated rings. The first kappa shape index (κ1) is 19.1. The van der Waals surface area contributed by atoms with Gasteiger partial charge in [-0.25, -0.2) is 18.1 Å². The van der Waals surface area contributed by atoms with E-state index in [2.05, 4.69) is 15.0 Å². The van der Waals surface area contributed by atoms with Gasteiger partial charge >= 0.3 is 0 Å². The lowest BCUT2D eigenvalue weighted by molar-refractivity contribution is 0.102. The van der Waals surface area contributed by atoms with Crippen LogP contribution in [0.3, 0.4) is 0 Å². The number of aryl methyl sites for hydroxylation is 2. The van der Waals surface area contributed by atoms with Gasteiger partial charge < -0.3 is 9.73 Å². The second-order valence-electron chi connectivity index (χ2n) is 6.08. The van der Waals surface area contributed by atoms with E-state index in [1.807, 2.05) is 6.92 Å². The zero-order valence-corrected chi connectivity index (χ0v) is 16.2. The van der Waals surface area contributed by atoms with Gasteiger partial charge in [-0.2, -0.15) is 0 Å². The Morgan fingerprint density at radius 2 is 1.93 bits per heavy atom. The van der Waals surface area contributed by atoms with Crippen LogP contribution in [0, 0.1) is 6.92 Å². The van der Waals surface area contributed by atoms with E-state index in [-0.39, 0.29) is 17.3 Å². The van der Waals surface area contributed by atoms with Gasteiger partial charge in [0.2, 0.25) is 10.0 Å². The van der Waals surface area contributed by atoms with Crippen molar-refractivity contribution < 1.29 is 17.6 Å². The average molecular weight is 387 g/mol. The monoisotopic (exact) mass is 387 g/mol. The van der Waals surface area contributed by atoms with Crippen LogP contribution in [-0.4, -0.2) is 25.9 Å². The molecule has 142 valence electrons. The molecule has 2 N–H and O–H groups in total. The fourth-order valence-corrected chi connectivity index (χ4v) is 3.76. The van der Waals surface area contributed by atoms with Crippen molar-refractivity contribution in [1.29, 1.82) is 0 Å². The maximum Gasteiger partial charge on any atom is 0.255 e. The zero-order chi connectivity index (χ0) is 19.6. The van der Waals surface area contributed by atoms with Gasteiger partial charge in [0.15, 0.2) is 11.5 Å². The molecule has 0 aliphatic rings. The van der Waals surface area contributed by atoms with Crippen LogP contribution >= 0.6 is 0 Å². The molecule has 0 saturated heterocycles. The highest BCUT2D eigenvalue weighted by atomic mass is 32.2. The minimum absolute atomic E-state index is 0.0552. The number of fused-ring (bicyclic) bond motifs is 1. The SMILES string of the molecule is CCNS(=O)(=O)c1ccc(C)c(C(=O)Nc2ccc3oc(CC)nc3c2)c1. The lowest BCUT2D eigenvalue weighted by Crippen LogP contribution is -2.24. The van der Waals surface area contributed by atoms with E-state index in [9.17, 15) is 13.2 Å². The third-order valence-electron chi connectivity index (χ3n) is 4.09. The topological polar surface area (TPSA) is 101 Å². The van der Waals surface area contributed by atoms with Gasteiger partial charge in [0, 0.05) is 24.2 Å². The molecule has 0 unspecified atom stereocenters. The molecule has 1 heterocycles. The Hall–Kier alpha value is -2.71. The molecular weight excluding hydrogens is 366 g/mol. The zero-order valence-electron chi connectivity index (χ0n) is 15.4. The average Bonchev–Trinajstić information content (AvgIpc) is 3.04. The summed E-state index contributed by atoms with van der Waals surface area (Å²) in [4.78, 5) is 17.1. The lowest BCUT2D eigenvalue weighted by atomic mass is 10.1. The fraction of sp³-hybridized carbons (Fsp3) is 0.263. The molecule has 7 nitrogen and oxygen atoms in total. The summed E-state index contributed by atoms with van der Waals surface area (Å²) in [6, 6.07) is 9.68. The number of nitrogens with zero attached hydrogens (tertiary/aromatic N) is 1. The van der Waals surface area contributed by atoms with Gasteiger partial charge in [0.1, 0.15) is 5.52 Å². The largest absolute Gasteiger partial charge is 0.441 e. The Kier molecular flexibility index (Phi) is 5.29. The summed E-state index contributed by atoms with van der Waals surface area (Å²) in [5, 5.41) is 2.79. The summed E-state index contributed by atoms with van der Waals surface area (Å²) < 4.78 is 32.4. The molecule has 3 rings (SSSR count). The maximum absolute atomic E-state index is 12.7. The van der Waals surface area contributed by atoms with Gasteiger partial charge in [-0.3, -0.25) is 4.79 Å². The van der Waals surface area contributed by atoms with E-state index in [4.69, 9.17) is 4.42 Å². The highest BCUT2D eigenvalue weighted by molar-refractivity contribution is 7.89. The normalized spacial score (nSPS) is 11.7. The van der Waals surface area contributed by atoms with Crippen molar-refractivity contribution in [2.24, 2.45) is 0 Å². The molecule has 0 radical (unpaired) electrons. The third-order valence-corrected chi connectivity index (χ3v) is 5.63. The predicted octanol–water partition coefficient (Wildman–Crippen LogP) is 3.25. The number of hydrogen-bond acceptors (Lipinski definition) is 5. The summed E-state index contributed by atoms with van der Waals surface area (Å²) in [5.74, 6) is 0.241. The van der Waals surface area contributed by atoms with E-state index in [1.54, 1.807) is 38.1 Å². The number of carbonyl (C=O) groups excluding carboxylic acids is 1. The number of sulfonamides is 1. The quantitative estimate of drug-likeness (QED) is 0.676. The molecule has 0 aliphatic carbocycles. The van der Waals surface area contributed by atoms with Crippen LogP contribution in [0.2, 0.25) is 0 Å². The van der Waals surface area contributed by atoms with Crippen LogP contribution in [0.15, 0.2) is 45.7 Å². The van der Waals surface area contributed by atoms with Crippen molar-refractivity contribution in [1.82, 2.24) is 9.71 Å². The first-order chi connectivity index (χ1) is 12.8. The standard InChI is InChI=1S/C19H21N3O4S/c1-4-18-22-16-10-13(7-9-17(16)26-18)21-19(23)15-11-14(8-6-12(15)3)27(24,25)20-5-2/h6-11,20H,4-5H2,1-3H3,(H,21,23). The Morgan fingerprint density at radius 1 is 1.15 bits per heavy atom. The first-order valence-electron chi connectivity index (χ1n) is 8.65. The maximum atomic E-state index is 12.7. The van der Waals surface area contributed by atoms with Crippen molar-refractivity contribution in [3.8, 4) is 0 Å². The highest BCUT2D eigenvalue weighted by Gasteiger charge is 2.17. The number of aromatic nitrogens is 1. The van der Waals surface area contributed by atoms with Crippen LogP contribution in [0.25, 0.3) is 11.1 Å². The third kappa shape index (κ3) is 4.01. The second kappa shape index (κ2) is 7.50. The van der Waals surface area contributed by atoms with Gasteiger partial charge in [0.05, 0.1) is 4.90 Å². The van der Waals surface area contributed by atoms with E-state index in [0.29, 0.717) is 40.2 Å². The molecule has 8 heteroatoms. The molecule has 1 aromatic heterocycles. The van der Waals surface area contributed by atoms with Crippen LogP contribution in [-0.2, 0) is 16.4 Å². The molecule has 0 bridgehead atoms. The Morgan fingerprint density at radius 3 is 2.63 bits per heavy atom. The summed E-state index contributed by atoms with van der Waals surface area (Å²) >= 11 is 0. The number of carbonyl (C=O) groups is 1. The number of amides is 1. The Labute approximate surface area is 157 Å². The van der Waals surface area contributed by atoms with Crippen molar-refractivity contribution in [2.75, 3.05) is 11.9 Å². The number of oxazole rings is 1. The molecule has 2 aromatic carbocycles. The summed E-state index contributed by atoms with van der Waals surface area (Å²) in [5.41, 5.74) is 2.84. The number of hydrogen-bond donors (Lipinski definition) is 2. The van der Waals surface area contributed by atoms with Gasteiger partial charge in [-0.1, -0.05) is 19.9 Å². The number of anilines is 1. The van der Waals surface area contributed by atoms with E-state index < -0.39 is 10.0 Å². The minimum atomic E-state index is -3.64. The minimum Gasteiger partial charge on any atom is -0.441 e. The summed E-state index contributed by atoms with van der Waals surface area (Å²) in [6.07, 6.45) is 0.683. The van der Waals surface area contributed by atoms with Crippen LogP contribution < -0.4 is 10.0 Å². The van der Waals surface area contributed by atoms with Gasteiger partial charge in [-0.15, -0.1) is 0 Å². The fourth-order valence-electron chi connectivity index (χ4n) is 2.69. The van der Waals surface area contributed by atoms with Crippen molar-refractivity contribution >= 4 is 32.7 Å². The molecule has 0 saturated carbocycles. The second-order valence-corrected chi connectivity index (χ2v) is 7.84. The highest BCUT2D eigenvalue weighted by Crippen LogP contribution is 2.22. The summed E-state index contributed by atoms with van der Waals surface area (Å²) in [7, 11) is -3.64. The first-order valence-corrected chi connectivity index (χ1v) is 10.1. The van der Waals surface area contributed by atoms with Crippen LogP contribution in [0.1, 0.15) is 35.7 Å². The molecular formula is C19H21N3O4S. The Balaban J connectivity index is 1.89. The van der Waals surface area contributed by atoms with Crippen molar-refractivity contribution in [3.05, 3.63) is 53.4 Å². The molecule has 3 aromatic rings. The summed E-state index contributed by atoms with van der Waals surface area (Å²) in [6.45, 7) is 5.68. The van der Waals surface area contributed by atoms with Gasteiger partial charge in [-0.05, 0) is 42.8 Å². The van der Waals surface area contributed by atoms with Crippen molar-refractivity contribution in [2.45, 2.75) is 32.1 Å². The number of benzene rings is 2. The Bertz CT molecular complexity index is 1100. The smallest absolute Gasteiger partial charge is 0.255 e. The van der Waals surface area contributed by atoms with Gasteiger partial charge in [0.25, 0.3) is 5.91 Å². The van der Waals surface area contributed by atoms with Crippen LogP contribution in [0.4, 0.5) is 5.69 Å². The molecule has 1 amide bonds. The lowest BCUT2D eigenvalue weighted by Gasteiger charge is -2.10. The molecule has 0 aliphatic heterocycles. The van der Waals surface area contributed by atoms with Crippen LogP contribution in [0.5, 0.6) is 0 Å². The van der Waals surface area contributed by atoms with E-state index in [0.717, 1.165) is 0 Å². The molecule has 27 heavy (non-hydrogen) atoms. The number of rotatable bonds is 6.